The molecule has 0 unspecified atom stereocenters. The number of halogens is 2. The van der Waals surface area contributed by atoms with Crippen molar-refractivity contribution >= 4 is 27.3 Å². The number of anilines is 1. The molecule has 0 bridgehead atoms. The summed E-state index contributed by atoms with van der Waals surface area (Å²) in [6, 6.07) is 7.10. The first-order valence-corrected chi connectivity index (χ1v) is 6.14. The number of nitro benzene ring substituents is 1. The molecule has 1 aromatic heterocycles. The lowest BCUT2D eigenvalue weighted by molar-refractivity contribution is -0.385. The molecule has 0 amide bonds. The van der Waals surface area contributed by atoms with Gasteiger partial charge < -0.3 is 5.32 Å². The summed E-state index contributed by atoms with van der Waals surface area (Å²) in [5, 5.41) is 13.3. The van der Waals surface area contributed by atoms with Crippen molar-refractivity contribution in [1.82, 2.24) is 4.98 Å². The Hall–Kier alpha value is -2.02. The Morgan fingerprint density at radius 3 is 2.74 bits per heavy atom. The van der Waals surface area contributed by atoms with Gasteiger partial charge in [-0.25, -0.2) is 4.39 Å². The van der Waals surface area contributed by atoms with Gasteiger partial charge in [0.05, 0.1) is 28.9 Å². The number of hydrogen-bond acceptors (Lipinski definition) is 4. The highest BCUT2D eigenvalue weighted by Crippen LogP contribution is 2.21. The van der Waals surface area contributed by atoms with Gasteiger partial charge in [-0.2, -0.15) is 0 Å². The van der Waals surface area contributed by atoms with Gasteiger partial charge in [0.1, 0.15) is 0 Å². The van der Waals surface area contributed by atoms with Gasteiger partial charge in [0.25, 0.3) is 5.69 Å². The second-order valence-corrected chi connectivity index (χ2v) is 4.66. The Balaban J connectivity index is 2.07. The molecule has 0 aliphatic carbocycles. The van der Waals surface area contributed by atoms with Gasteiger partial charge in [-0.3, -0.25) is 15.1 Å². The molecular formula is C12H9BrFN3O2. The number of benzene rings is 1. The minimum atomic E-state index is -0.661. The molecule has 2 rings (SSSR count). The van der Waals surface area contributed by atoms with Crippen molar-refractivity contribution in [3.63, 3.8) is 0 Å². The summed E-state index contributed by atoms with van der Waals surface area (Å²) in [5.74, 6) is -0.661. The molecule has 0 fully saturated rings. The first-order valence-electron chi connectivity index (χ1n) is 5.34. The zero-order valence-electron chi connectivity index (χ0n) is 9.64. The topological polar surface area (TPSA) is 68.1 Å². The Morgan fingerprint density at radius 1 is 1.37 bits per heavy atom. The molecule has 98 valence electrons. The average molecular weight is 326 g/mol. The SMILES string of the molecule is O=[N+]([O-])c1ccc(NCc2ccc(Br)cn2)c(F)c1. The Morgan fingerprint density at radius 2 is 2.16 bits per heavy atom. The minimum Gasteiger partial charge on any atom is -0.377 e. The van der Waals surface area contributed by atoms with E-state index in [1.54, 1.807) is 12.3 Å². The molecule has 5 nitrogen and oxygen atoms in total. The van der Waals surface area contributed by atoms with E-state index >= 15 is 0 Å². The van der Waals surface area contributed by atoms with Crippen molar-refractivity contribution in [2.24, 2.45) is 0 Å². The molecule has 0 spiro atoms. The van der Waals surface area contributed by atoms with E-state index in [9.17, 15) is 14.5 Å². The number of aromatic nitrogens is 1. The van der Waals surface area contributed by atoms with Crippen LogP contribution in [-0.2, 0) is 6.54 Å². The van der Waals surface area contributed by atoms with E-state index < -0.39 is 10.7 Å². The Labute approximate surface area is 116 Å². The highest BCUT2D eigenvalue weighted by atomic mass is 79.9. The number of hydrogen-bond donors (Lipinski definition) is 1. The smallest absolute Gasteiger partial charge is 0.272 e. The minimum absolute atomic E-state index is 0.204. The predicted octanol–water partition coefficient (Wildman–Crippen LogP) is 3.50. The van der Waals surface area contributed by atoms with Crippen LogP contribution >= 0.6 is 15.9 Å². The third-order valence-electron chi connectivity index (χ3n) is 2.41. The molecule has 0 radical (unpaired) electrons. The fourth-order valence-electron chi connectivity index (χ4n) is 1.46. The van der Waals surface area contributed by atoms with Gasteiger partial charge in [-0.15, -0.1) is 0 Å². The van der Waals surface area contributed by atoms with Crippen LogP contribution in [0.1, 0.15) is 5.69 Å². The normalized spacial score (nSPS) is 10.2. The van der Waals surface area contributed by atoms with E-state index in [2.05, 4.69) is 26.2 Å². The maximum atomic E-state index is 13.6. The third-order valence-corrected chi connectivity index (χ3v) is 2.88. The van der Waals surface area contributed by atoms with Crippen LogP contribution in [0.3, 0.4) is 0 Å². The molecule has 1 heterocycles. The third kappa shape index (κ3) is 3.47. The molecule has 0 aliphatic rings. The molecule has 0 saturated heterocycles. The van der Waals surface area contributed by atoms with Crippen LogP contribution < -0.4 is 5.32 Å². The molecule has 2 aromatic rings. The summed E-state index contributed by atoms with van der Waals surface area (Å²) in [4.78, 5) is 14.0. The quantitative estimate of drug-likeness (QED) is 0.690. The predicted molar refractivity (Wildman–Crippen MR) is 72.3 cm³/mol. The molecule has 0 saturated carbocycles. The van der Waals surface area contributed by atoms with Gasteiger partial charge in [0.2, 0.25) is 0 Å². The lowest BCUT2D eigenvalue weighted by Gasteiger charge is -2.07. The summed E-state index contributed by atoms with van der Waals surface area (Å²) in [5.41, 5.74) is 0.668. The van der Waals surface area contributed by atoms with E-state index in [-0.39, 0.29) is 11.4 Å². The molecule has 7 heteroatoms. The molecule has 0 atom stereocenters. The van der Waals surface area contributed by atoms with E-state index in [1.165, 1.54) is 12.1 Å². The number of rotatable bonds is 4. The van der Waals surface area contributed by atoms with Crippen molar-refractivity contribution in [1.29, 1.82) is 0 Å². The highest BCUT2D eigenvalue weighted by molar-refractivity contribution is 9.10. The lowest BCUT2D eigenvalue weighted by Crippen LogP contribution is -2.03. The van der Waals surface area contributed by atoms with Gasteiger partial charge in [-0.05, 0) is 34.1 Å². The summed E-state index contributed by atoms with van der Waals surface area (Å²) < 4.78 is 14.4. The van der Waals surface area contributed by atoms with E-state index in [1.807, 2.05) is 6.07 Å². The number of non-ortho nitro benzene ring substituents is 1. The van der Waals surface area contributed by atoms with Crippen LogP contribution in [0.4, 0.5) is 15.8 Å². The van der Waals surface area contributed by atoms with Crippen molar-refractivity contribution < 1.29 is 9.31 Å². The second-order valence-electron chi connectivity index (χ2n) is 3.74. The molecule has 1 N–H and O–H groups in total. The van der Waals surface area contributed by atoms with Crippen molar-refractivity contribution in [3.05, 3.63) is 62.6 Å². The van der Waals surface area contributed by atoms with Gasteiger partial charge >= 0.3 is 0 Å². The highest BCUT2D eigenvalue weighted by Gasteiger charge is 2.10. The lowest BCUT2D eigenvalue weighted by atomic mass is 10.2. The molecule has 19 heavy (non-hydrogen) atoms. The molecule has 1 aromatic carbocycles. The standard InChI is InChI=1S/C12H9BrFN3O2/c13-8-1-2-9(15-6-8)7-16-12-4-3-10(17(18)19)5-11(12)14/h1-6,16H,7H2. The number of nitrogens with one attached hydrogen (secondary N) is 1. The van der Waals surface area contributed by atoms with Crippen LogP contribution in [0.5, 0.6) is 0 Å². The van der Waals surface area contributed by atoms with Crippen LogP contribution in [0.2, 0.25) is 0 Å². The average Bonchev–Trinajstić information content (AvgIpc) is 2.39. The Kier molecular flexibility index (Phi) is 4.06. The van der Waals surface area contributed by atoms with Crippen LogP contribution in [0.25, 0.3) is 0 Å². The maximum Gasteiger partial charge on any atom is 0.272 e. The summed E-state index contributed by atoms with van der Waals surface area (Å²) >= 11 is 3.27. The van der Waals surface area contributed by atoms with E-state index in [0.717, 1.165) is 16.2 Å². The summed E-state index contributed by atoms with van der Waals surface area (Å²) in [6.45, 7) is 0.335. The summed E-state index contributed by atoms with van der Waals surface area (Å²) in [6.07, 6.45) is 1.64. The maximum absolute atomic E-state index is 13.6. The number of nitro groups is 1. The largest absolute Gasteiger partial charge is 0.377 e. The Bertz CT molecular complexity index is 604. The van der Waals surface area contributed by atoms with Crippen LogP contribution in [-0.4, -0.2) is 9.91 Å². The zero-order valence-corrected chi connectivity index (χ0v) is 11.2. The van der Waals surface area contributed by atoms with Crippen LogP contribution in [0, 0.1) is 15.9 Å². The van der Waals surface area contributed by atoms with Gasteiger partial charge in [-0.1, -0.05) is 0 Å². The van der Waals surface area contributed by atoms with Gasteiger partial charge in [0.15, 0.2) is 5.82 Å². The zero-order chi connectivity index (χ0) is 13.8. The fraction of sp³-hybridized carbons (Fsp3) is 0.0833. The first kappa shape index (κ1) is 13.4. The number of pyridine rings is 1. The van der Waals surface area contributed by atoms with Crippen molar-refractivity contribution in [2.75, 3.05) is 5.32 Å². The second kappa shape index (κ2) is 5.75. The fourth-order valence-corrected chi connectivity index (χ4v) is 1.69. The summed E-state index contributed by atoms with van der Waals surface area (Å²) in [7, 11) is 0. The van der Waals surface area contributed by atoms with Gasteiger partial charge in [0, 0.05) is 16.7 Å². The molecular weight excluding hydrogens is 317 g/mol. The van der Waals surface area contributed by atoms with Crippen LogP contribution in [0.15, 0.2) is 41.0 Å². The number of nitrogens with zero attached hydrogens (tertiary/aromatic N) is 2. The van der Waals surface area contributed by atoms with E-state index in [4.69, 9.17) is 0 Å². The molecule has 0 aliphatic heterocycles. The first-order chi connectivity index (χ1) is 9.06. The van der Waals surface area contributed by atoms with Crippen molar-refractivity contribution in [3.8, 4) is 0 Å². The van der Waals surface area contributed by atoms with E-state index in [0.29, 0.717) is 6.54 Å². The monoisotopic (exact) mass is 325 g/mol. The van der Waals surface area contributed by atoms with Crippen molar-refractivity contribution in [2.45, 2.75) is 6.54 Å².